The molecular formula is C10H14N6. The fourth-order valence-electron chi connectivity index (χ4n) is 2.05. The predicted molar refractivity (Wildman–Crippen MR) is 61.2 cm³/mol. The number of nitrogens with one attached hydrogen (secondary N) is 3. The zero-order chi connectivity index (χ0) is 10.8. The summed E-state index contributed by atoms with van der Waals surface area (Å²) in [6.45, 7) is 2.10. The Morgan fingerprint density at radius 2 is 2.38 bits per heavy atom. The highest BCUT2D eigenvalue weighted by molar-refractivity contribution is 5.85. The lowest BCUT2D eigenvalue weighted by atomic mass is 10.1. The SMILES string of the molecule is c1nc(N[C@H]2CCCNC2)c2cn[nH]c2n1. The van der Waals surface area contributed by atoms with Gasteiger partial charge in [0.05, 0.1) is 11.6 Å². The smallest absolute Gasteiger partial charge is 0.160 e. The molecule has 3 rings (SSSR count). The van der Waals surface area contributed by atoms with Gasteiger partial charge in [-0.25, -0.2) is 9.97 Å². The molecule has 6 nitrogen and oxygen atoms in total. The van der Waals surface area contributed by atoms with Crippen LogP contribution in [0.15, 0.2) is 12.5 Å². The normalized spacial score (nSPS) is 21.1. The van der Waals surface area contributed by atoms with Crippen LogP contribution in [0.1, 0.15) is 12.8 Å². The summed E-state index contributed by atoms with van der Waals surface area (Å²) in [5.41, 5.74) is 0.779. The summed E-state index contributed by atoms with van der Waals surface area (Å²) in [6, 6.07) is 0.446. The number of H-pyrrole nitrogens is 1. The van der Waals surface area contributed by atoms with Crippen LogP contribution in [0.3, 0.4) is 0 Å². The van der Waals surface area contributed by atoms with Gasteiger partial charge in [-0.15, -0.1) is 0 Å². The minimum atomic E-state index is 0.446. The highest BCUT2D eigenvalue weighted by atomic mass is 15.2. The van der Waals surface area contributed by atoms with E-state index in [1.807, 2.05) is 0 Å². The van der Waals surface area contributed by atoms with Crippen LogP contribution in [0.25, 0.3) is 11.0 Å². The quantitative estimate of drug-likeness (QED) is 0.684. The van der Waals surface area contributed by atoms with Crippen molar-refractivity contribution in [3.05, 3.63) is 12.5 Å². The molecular weight excluding hydrogens is 204 g/mol. The third kappa shape index (κ3) is 1.71. The lowest BCUT2D eigenvalue weighted by Crippen LogP contribution is -2.38. The van der Waals surface area contributed by atoms with E-state index in [-0.39, 0.29) is 0 Å². The molecule has 1 aliphatic rings. The Kier molecular flexibility index (Phi) is 2.41. The Morgan fingerprint density at radius 3 is 3.25 bits per heavy atom. The van der Waals surface area contributed by atoms with Crippen molar-refractivity contribution < 1.29 is 0 Å². The van der Waals surface area contributed by atoms with Crippen LogP contribution < -0.4 is 10.6 Å². The molecule has 2 aromatic rings. The summed E-state index contributed by atoms with van der Waals surface area (Å²) in [4.78, 5) is 8.37. The van der Waals surface area contributed by atoms with Crippen LogP contribution >= 0.6 is 0 Å². The van der Waals surface area contributed by atoms with E-state index in [0.717, 1.165) is 29.9 Å². The van der Waals surface area contributed by atoms with E-state index in [0.29, 0.717) is 6.04 Å². The number of hydrogen-bond donors (Lipinski definition) is 3. The summed E-state index contributed by atoms with van der Waals surface area (Å²) in [6.07, 6.45) is 5.70. The first-order chi connectivity index (χ1) is 7.93. The average Bonchev–Trinajstić information content (AvgIpc) is 2.80. The Labute approximate surface area is 92.9 Å². The van der Waals surface area contributed by atoms with Gasteiger partial charge in [-0.2, -0.15) is 5.10 Å². The van der Waals surface area contributed by atoms with E-state index in [1.54, 1.807) is 12.5 Å². The zero-order valence-electron chi connectivity index (χ0n) is 8.90. The first kappa shape index (κ1) is 9.53. The van der Waals surface area contributed by atoms with E-state index >= 15 is 0 Å². The van der Waals surface area contributed by atoms with Crippen LogP contribution in [0.5, 0.6) is 0 Å². The van der Waals surface area contributed by atoms with Crippen LogP contribution in [-0.2, 0) is 0 Å². The van der Waals surface area contributed by atoms with Crippen LogP contribution in [0, 0.1) is 0 Å². The number of hydrogen-bond acceptors (Lipinski definition) is 5. The molecule has 0 spiro atoms. The fraction of sp³-hybridized carbons (Fsp3) is 0.500. The molecule has 0 bridgehead atoms. The predicted octanol–water partition coefficient (Wildman–Crippen LogP) is 0.517. The van der Waals surface area contributed by atoms with E-state index in [9.17, 15) is 0 Å². The Balaban J connectivity index is 1.85. The molecule has 1 aliphatic heterocycles. The molecule has 0 amide bonds. The first-order valence-corrected chi connectivity index (χ1v) is 5.55. The number of nitrogens with zero attached hydrogens (tertiary/aromatic N) is 3. The third-order valence-corrected chi connectivity index (χ3v) is 2.89. The van der Waals surface area contributed by atoms with Crippen LogP contribution in [0.4, 0.5) is 5.82 Å². The molecule has 1 fully saturated rings. The van der Waals surface area contributed by atoms with Gasteiger partial charge < -0.3 is 10.6 Å². The second-order valence-electron chi connectivity index (χ2n) is 4.04. The van der Waals surface area contributed by atoms with E-state index in [1.165, 1.54) is 12.8 Å². The average molecular weight is 218 g/mol. The molecule has 0 aliphatic carbocycles. The highest BCUT2D eigenvalue weighted by Crippen LogP contribution is 2.18. The van der Waals surface area contributed by atoms with Gasteiger partial charge in [-0.05, 0) is 19.4 Å². The van der Waals surface area contributed by atoms with Gasteiger partial charge >= 0.3 is 0 Å². The number of piperidine rings is 1. The molecule has 3 heterocycles. The number of anilines is 1. The minimum Gasteiger partial charge on any atom is -0.365 e. The molecule has 0 aromatic carbocycles. The monoisotopic (exact) mass is 218 g/mol. The van der Waals surface area contributed by atoms with Crippen LogP contribution in [0.2, 0.25) is 0 Å². The Morgan fingerprint density at radius 1 is 1.38 bits per heavy atom. The number of aromatic nitrogens is 4. The summed E-state index contributed by atoms with van der Waals surface area (Å²) in [7, 11) is 0. The molecule has 2 aromatic heterocycles. The molecule has 84 valence electrons. The largest absolute Gasteiger partial charge is 0.365 e. The summed E-state index contributed by atoms with van der Waals surface area (Å²) >= 11 is 0. The van der Waals surface area contributed by atoms with Crippen molar-refractivity contribution in [2.75, 3.05) is 18.4 Å². The van der Waals surface area contributed by atoms with Gasteiger partial charge in [0.15, 0.2) is 5.65 Å². The number of fused-ring (bicyclic) bond motifs is 1. The van der Waals surface area contributed by atoms with Gasteiger partial charge in [0.25, 0.3) is 0 Å². The van der Waals surface area contributed by atoms with E-state index in [2.05, 4.69) is 30.8 Å². The summed E-state index contributed by atoms with van der Waals surface area (Å²) in [5.74, 6) is 0.868. The first-order valence-electron chi connectivity index (χ1n) is 5.55. The summed E-state index contributed by atoms with van der Waals surface area (Å²) < 4.78 is 0. The van der Waals surface area contributed by atoms with Crippen molar-refractivity contribution in [1.29, 1.82) is 0 Å². The summed E-state index contributed by atoms with van der Waals surface area (Å²) in [5, 5.41) is 14.6. The molecule has 0 saturated carbocycles. The Bertz CT molecular complexity index is 473. The molecule has 0 unspecified atom stereocenters. The minimum absolute atomic E-state index is 0.446. The highest BCUT2D eigenvalue weighted by Gasteiger charge is 2.14. The second-order valence-corrected chi connectivity index (χ2v) is 4.04. The second kappa shape index (κ2) is 4.05. The maximum atomic E-state index is 4.26. The molecule has 3 N–H and O–H groups in total. The maximum Gasteiger partial charge on any atom is 0.160 e. The molecule has 1 saturated heterocycles. The third-order valence-electron chi connectivity index (χ3n) is 2.89. The van der Waals surface area contributed by atoms with Crippen molar-refractivity contribution >= 4 is 16.9 Å². The fourth-order valence-corrected chi connectivity index (χ4v) is 2.05. The molecule has 16 heavy (non-hydrogen) atoms. The van der Waals surface area contributed by atoms with Crippen molar-refractivity contribution in [2.45, 2.75) is 18.9 Å². The van der Waals surface area contributed by atoms with E-state index in [4.69, 9.17) is 0 Å². The molecule has 0 radical (unpaired) electrons. The van der Waals surface area contributed by atoms with Gasteiger partial charge in [-0.1, -0.05) is 0 Å². The lowest BCUT2D eigenvalue weighted by Gasteiger charge is -2.24. The maximum absolute atomic E-state index is 4.26. The van der Waals surface area contributed by atoms with Crippen molar-refractivity contribution in [3.63, 3.8) is 0 Å². The van der Waals surface area contributed by atoms with Gasteiger partial charge in [0.2, 0.25) is 0 Å². The Hall–Kier alpha value is -1.69. The van der Waals surface area contributed by atoms with Crippen molar-refractivity contribution in [2.24, 2.45) is 0 Å². The number of aromatic amines is 1. The zero-order valence-corrected chi connectivity index (χ0v) is 8.90. The lowest BCUT2D eigenvalue weighted by molar-refractivity contribution is 0.479. The van der Waals surface area contributed by atoms with Gasteiger partial charge in [-0.3, -0.25) is 5.10 Å². The van der Waals surface area contributed by atoms with Crippen molar-refractivity contribution in [3.8, 4) is 0 Å². The van der Waals surface area contributed by atoms with Gasteiger partial charge in [0, 0.05) is 12.6 Å². The van der Waals surface area contributed by atoms with Crippen molar-refractivity contribution in [1.82, 2.24) is 25.5 Å². The molecule has 6 heteroatoms. The van der Waals surface area contributed by atoms with Crippen LogP contribution in [-0.4, -0.2) is 39.3 Å². The topological polar surface area (TPSA) is 78.5 Å². The standard InChI is InChI=1S/C10H14N6/c1-2-7(4-11-3-1)15-9-8-5-14-16-10(8)13-6-12-9/h5-7,11H,1-4H2,(H2,12,13,14,15,16)/t7-/m0/s1. The van der Waals surface area contributed by atoms with Gasteiger partial charge in [0.1, 0.15) is 12.1 Å². The van der Waals surface area contributed by atoms with E-state index < -0.39 is 0 Å². The number of rotatable bonds is 2. The molecule has 1 atom stereocenters.